The molecular weight excluding hydrogens is 272 g/mol. The molecular formula is C11H11BrN2O2. The first-order valence-corrected chi connectivity index (χ1v) is 5.46. The van der Waals surface area contributed by atoms with Gasteiger partial charge in [-0.2, -0.15) is 5.26 Å². The number of carbonyl (C=O) groups is 1. The van der Waals surface area contributed by atoms with Crippen LogP contribution in [0.25, 0.3) is 0 Å². The van der Waals surface area contributed by atoms with E-state index in [0.29, 0.717) is 6.42 Å². The molecule has 0 aromatic heterocycles. The lowest BCUT2D eigenvalue weighted by atomic mass is 10.1. The van der Waals surface area contributed by atoms with Crippen molar-refractivity contribution in [1.29, 1.82) is 5.26 Å². The van der Waals surface area contributed by atoms with Crippen molar-refractivity contribution >= 4 is 21.9 Å². The van der Waals surface area contributed by atoms with Crippen LogP contribution in [0.3, 0.4) is 0 Å². The number of benzene rings is 1. The highest BCUT2D eigenvalue weighted by molar-refractivity contribution is 9.10. The summed E-state index contributed by atoms with van der Waals surface area (Å²) < 4.78 is 5.55. The number of halogens is 1. The molecule has 4 nitrogen and oxygen atoms in total. The fourth-order valence-electron chi connectivity index (χ4n) is 1.21. The van der Waals surface area contributed by atoms with Crippen LogP contribution in [0.4, 0.5) is 0 Å². The van der Waals surface area contributed by atoms with Crippen molar-refractivity contribution < 1.29 is 9.53 Å². The van der Waals surface area contributed by atoms with Crippen LogP contribution in [-0.2, 0) is 16.0 Å². The zero-order valence-corrected chi connectivity index (χ0v) is 10.1. The van der Waals surface area contributed by atoms with Gasteiger partial charge >= 0.3 is 5.97 Å². The minimum atomic E-state index is -0.734. The van der Waals surface area contributed by atoms with E-state index in [1.165, 1.54) is 0 Å². The minimum absolute atomic E-state index is 0.259. The molecule has 0 aliphatic rings. The molecule has 5 heteroatoms. The summed E-state index contributed by atoms with van der Waals surface area (Å²) in [4.78, 5) is 11.3. The topological polar surface area (TPSA) is 76.1 Å². The molecule has 0 fully saturated rings. The fourth-order valence-corrected chi connectivity index (χ4v) is 1.66. The molecule has 0 saturated heterocycles. The zero-order chi connectivity index (χ0) is 12.0. The molecule has 1 aromatic carbocycles. The van der Waals surface area contributed by atoms with Gasteiger partial charge in [0, 0.05) is 4.47 Å². The Hall–Kier alpha value is -1.38. The lowest BCUT2D eigenvalue weighted by molar-refractivity contribution is -0.143. The Kier molecular flexibility index (Phi) is 4.96. The van der Waals surface area contributed by atoms with Gasteiger partial charge in [0.25, 0.3) is 0 Å². The van der Waals surface area contributed by atoms with Crippen LogP contribution in [-0.4, -0.2) is 18.6 Å². The Morgan fingerprint density at radius 3 is 3.00 bits per heavy atom. The Morgan fingerprint density at radius 2 is 2.38 bits per heavy atom. The van der Waals surface area contributed by atoms with Gasteiger partial charge in [0.2, 0.25) is 0 Å². The van der Waals surface area contributed by atoms with Gasteiger partial charge in [0.15, 0.2) is 6.61 Å². The average molecular weight is 283 g/mol. The van der Waals surface area contributed by atoms with E-state index in [4.69, 9.17) is 11.0 Å². The molecule has 16 heavy (non-hydrogen) atoms. The maximum absolute atomic E-state index is 11.3. The number of nitrogens with zero attached hydrogens (tertiary/aromatic N) is 1. The van der Waals surface area contributed by atoms with Gasteiger partial charge < -0.3 is 10.5 Å². The van der Waals surface area contributed by atoms with Crippen molar-refractivity contribution in [2.24, 2.45) is 5.73 Å². The Morgan fingerprint density at radius 1 is 1.62 bits per heavy atom. The van der Waals surface area contributed by atoms with Crippen LogP contribution >= 0.6 is 15.9 Å². The molecule has 0 unspecified atom stereocenters. The molecule has 0 aliphatic carbocycles. The number of carbonyl (C=O) groups excluding carboxylic acids is 1. The summed E-state index contributed by atoms with van der Waals surface area (Å²) in [6.45, 7) is -0.259. The predicted molar refractivity (Wildman–Crippen MR) is 62.4 cm³/mol. The number of hydrogen-bond acceptors (Lipinski definition) is 4. The van der Waals surface area contributed by atoms with Gasteiger partial charge in [-0.3, -0.25) is 4.79 Å². The quantitative estimate of drug-likeness (QED) is 0.847. The van der Waals surface area contributed by atoms with Crippen LogP contribution in [0, 0.1) is 11.3 Å². The first kappa shape index (κ1) is 12.7. The van der Waals surface area contributed by atoms with Crippen LogP contribution in [0.2, 0.25) is 0 Å². The second-order valence-electron chi connectivity index (χ2n) is 3.21. The van der Waals surface area contributed by atoms with Crippen molar-refractivity contribution in [2.45, 2.75) is 12.5 Å². The highest BCUT2D eigenvalue weighted by Crippen LogP contribution is 2.12. The van der Waals surface area contributed by atoms with Crippen LogP contribution in [0.5, 0.6) is 0 Å². The second-order valence-corrected chi connectivity index (χ2v) is 4.12. The molecule has 1 rings (SSSR count). The van der Waals surface area contributed by atoms with Crippen molar-refractivity contribution in [2.75, 3.05) is 6.61 Å². The lowest BCUT2D eigenvalue weighted by Crippen LogP contribution is -2.34. The van der Waals surface area contributed by atoms with E-state index in [1.807, 2.05) is 24.3 Å². The first-order valence-electron chi connectivity index (χ1n) is 4.67. The zero-order valence-electron chi connectivity index (χ0n) is 8.52. The van der Waals surface area contributed by atoms with Crippen molar-refractivity contribution in [3.05, 3.63) is 34.3 Å². The third kappa shape index (κ3) is 4.01. The molecule has 0 saturated carbocycles. The predicted octanol–water partition coefficient (Wildman–Crippen LogP) is 1.39. The molecule has 0 amide bonds. The molecule has 1 aromatic rings. The summed E-state index contributed by atoms with van der Waals surface area (Å²) in [5.41, 5.74) is 6.58. The highest BCUT2D eigenvalue weighted by Gasteiger charge is 2.15. The van der Waals surface area contributed by atoms with Crippen molar-refractivity contribution in [3.63, 3.8) is 0 Å². The summed E-state index contributed by atoms with van der Waals surface area (Å²) in [5.74, 6) is -0.554. The lowest BCUT2D eigenvalue weighted by Gasteiger charge is -2.09. The summed E-state index contributed by atoms with van der Waals surface area (Å²) in [6.07, 6.45) is 0.393. The van der Waals surface area contributed by atoms with Gasteiger partial charge in [-0.25, -0.2) is 0 Å². The Bertz CT molecular complexity index is 415. The summed E-state index contributed by atoms with van der Waals surface area (Å²) in [7, 11) is 0. The smallest absolute Gasteiger partial charge is 0.324 e. The molecule has 84 valence electrons. The number of ether oxygens (including phenoxy) is 1. The normalized spacial score (nSPS) is 11.6. The molecule has 0 radical (unpaired) electrons. The molecule has 0 heterocycles. The van der Waals surface area contributed by atoms with Gasteiger partial charge in [-0.15, -0.1) is 0 Å². The summed E-state index contributed by atoms with van der Waals surface area (Å²) in [6, 6.07) is 8.51. The van der Waals surface area contributed by atoms with E-state index in [1.54, 1.807) is 6.07 Å². The maximum atomic E-state index is 11.3. The third-order valence-electron chi connectivity index (χ3n) is 1.93. The number of rotatable bonds is 4. The standard InChI is InChI=1S/C11H11BrN2O2/c12-9-3-1-2-8(6-9)7-10(14)11(15)16-5-4-13/h1-3,6,10H,5,7,14H2/t10-/m1/s1. The Balaban J connectivity index is 2.54. The number of nitrogens with two attached hydrogens (primary N) is 1. The van der Waals surface area contributed by atoms with E-state index >= 15 is 0 Å². The van der Waals surface area contributed by atoms with Gasteiger partial charge in [0.05, 0.1) is 0 Å². The van der Waals surface area contributed by atoms with Gasteiger partial charge in [-0.1, -0.05) is 28.1 Å². The van der Waals surface area contributed by atoms with E-state index in [9.17, 15) is 4.79 Å². The molecule has 1 atom stereocenters. The number of hydrogen-bond donors (Lipinski definition) is 1. The van der Waals surface area contributed by atoms with E-state index in [-0.39, 0.29) is 6.61 Å². The van der Waals surface area contributed by atoms with E-state index in [0.717, 1.165) is 10.0 Å². The van der Waals surface area contributed by atoms with Crippen molar-refractivity contribution in [3.8, 4) is 6.07 Å². The molecule has 0 aliphatic heterocycles. The molecule has 2 N–H and O–H groups in total. The molecule has 0 bridgehead atoms. The summed E-state index contributed by atoms with van der Waals surface area (Å²) in [5, 5.41) is 8.25. The van der Waals surface area contributed by atoms with Crippen LogP contribution < -0.4 is 5.73 Å². The largest absolute Gasteiger partial charge is 0.449 e. The average Bonchev–Trinajstić information content (AvgIpc) is 2.25. The summed E-state index contributed by atoms with van der Waals surface area (Å²) >= 11 is 3.33. The molecule has 0 spiro atoms. The van der Waals surface area contributed by atoms with Gasteiger partial charge in [0.1, 0.15) is 12.1 Å². The maximum Gasteiger partial charge on any atom is 0.324 e. The minimum Gasteiger partial charge on any atom is -0.449 e. The monoisotopic (exact) mass is 282 g/mol. The first-order chi connectivity index (χ1) is 7.63. The third-order valence-corrected chi connectivity index (χ3v) is 2.42. The van der Waals surface area contributed by atoms with Gasteiger partial charge in [-0.05, 0) is 24.1 Å². The van der Waals surface area contributed by atoms with Crippen LogP contribution in [0.1, 0.15) is 5.56 Å². The Labute approximate surface area is 102 Å². The number of nitriles is 1. The van der Waals surface area contributed by atoms with Crippen molar-refractivity contribution in [1.82, 2.24) is 0 Å². The van der Waals surface area contributed by atoms with E-state index < -0.39 is 12.0 Å². The fraction of sp³-hybridized carbons (Fsp3) is 0.273. The van der Waals surface area contributed by atoms with Crippen LogP contribution in [0.15, 0.2) is 28.7 Å². The SMILES string of the molecule is N#CCOC(=O)[C@H](N)Cc1cccc(Br)c1. The number of esters is 1. The van der Waals surface area contributed by atoms with E-state index in [2.05, 4.69) is 20.7 Å². The second kappa shape index (κ2) is 6.26. The highest BCUT2D eigenvalue weighted by atomic mass is 79.9.